The zero-order valence-electron chi connectivity index (χ0n) is 20.5. The van der Waals surface area contributed by atoms with Crippen molar-refractivity contribution in [3.05, 3.63) is 41.7 Å². The third kappa shape index (κ3) is 4.38. The lowest BCUT2D eigenvalue weighted by molar-refractivity contribution is -0.127. The maximum atomic E-state index is 13.6. The van der Waals surface area contributed by atoms with Gasteiger partial charge in [0, 0.05) is 57.3 Å². The average molecular weight is 505 g/mol. The summed E-state index contributed by atoms with van der Waals surface area (Å²) in [6.45, 7) is 5.60. The minimum absolute atomic E-state index is 0.148. The maximum Gasteiger partial charge on any atom is 0.300 e. The molecule has 1 amide bonds. The molecule has 0 atom stereocenters. The molecule has 192 valence electrons. The number of amides is 1. The Kier molecular flexibility index (Phi) is 5.97. The predicted octanol–water partition coefficient (Wildman–Crippen LogP) is 1.54. The molecule has 3 aromatic heterocycles. The Bertz CT molecular complexity index is 1380. The Morgan fingerprint density at radius 2 is 1.95 bits per heavy atom. The van der Waals surface area contributed by atoms with E-state index in [2.05, 4.69) is 25.2 Å². The molecular formula is C25H28N8O4. The van der Waals surface area contributed by atoms with Crippen molar-refractivity contribution < 1.29 is 18.7 Å². The number of fused-ring (bicyclic) bond motifs is 1. The first-order valence-corrected chi connectivity index (χ1v) is 12.2. The number of hydrogen-bond donors (Lipinski definition) is 2. The number of carbonyl (C=O) groups excluding carboxylic acids is 1. The smallest absolute Gasteiger partial charge is 0.300 e. The van der Waals surface area contributed by atoms with Gasteiger partial charge in [0.05, 0.1) is 43.1 Å². The van der Waals surface area contributed by atoms with Gasteiger partial charge in [-0.1, -0.05) is 6.07 Å². The molecule has 0 aromatic carbocycles. The lowest BCUT2D eigenvalue weighted by atomic mass is 9.78. The third-order valence-corrected chi connectivity index (χ3v) is 6.78. The summed E-state index contributed by atoms with van der Waals surface area (Å²) in [7, 11) is 1.66. The molecule has 12 nitrogen and oxygen atoms in total. The highest BCUT2D eigenvalue weighted by Gasteiger charge is 2.50. The largest absolute Gasteiger partial charge is 0.422 e. The van der Waals surface area contributed by atoms with Crippen LogP contribution < -0.4 is 20.9 Å². The molecule has 0 bridgehead atoms. The molecule has 1 spiro atoms. The van der Waals surface area contributed by atoms with Gasteiger partial charge in [-0.3, -0.25) is 9.79 Å². The molecule has 0 unspecified atom stereocenters. The van der Waals surface area contributed by atoms with Crippen molar-refractivity contribution in [1.82, 2.24) is 15.0 Å². The number of allylic oxidation sites excluding steroid dienone is 1. The fourth-order valence-corrected chi connectivity index (χ4v) is 4.81. The first-order chi connectivity index (χ1) is 18.1. The van der Waals surface area contributed by atoms with Crippen molar-refractivity contribution >= 4 is 46.6 Å². The van der Waals surface area contributed by atoms with Crippen LogP contribution in [-0.2, 0) is 9.47 Å². The first kappa shape index (κ1) is 23.4. The number of nitrogens with zero attached hydrogens (tertiary/aromatic N) is 6. The highest BCUT2D eigenvalue weighted by Crippen LogP contribution is 2.41. The van der Waals surface area contributed by atoms with Crippen LogP contribution in [0.15, 0.2) is 39.9 Å². The second-order valence-corrected chi connectivity index (χ2v) is 9.50. The Morgan fingerprint density at radius 3 is 2.65 bits per heavy atom. The predicted molar refractivity (Wildman–Crippen MR) is 139 cm³/mol. The number of oxazole rings is 1. The van der Waals surface area contributed by atoms with Crippen molar-refractivity contribution in [1.29, 1.82) is 0 Å². The normalized spacial score (nSPS) is 19.3. The zero-order valence-corrected chi connectivity index (χ0v) is 20.5. The van der Waals surface area contributed by atoms with Gasteiger partial charge in [0.25, 0.3) is 11.9 Å². The highest BCUT2D eigenvalue weighted by atomic mass is 16.5. The van der Waals surface area contributed by atoms with Crippen LogP contribution in [0, 0.1) is 5.41 Å². The standard InChI is InChI=1S/C25H28N8O4/c1-27-11-16(10-26)18-3-2-4-20(28-18)29-23(34)17-9-19-21(31-24(37-19)32-5-7-35-8-6-32)30-22(17)33-12-25(13-33)14-36-15-25/h2-4,9-11H,5-8,12-15,26H2,1H3,(H,28,29,34). The molecule has 3 fully saturated rings. The monoisotopic (exact) mass is 504 g/mol. The summed E-state index contributed by atoms with van der Waals surface area (Å²) in [5, 5.41) is 2.90. The summed E-state index contributed by atoms with van der Waals surface area (Å²) < 4.78 is 16.9. The molecule has 0 aliphatic carbocycles. The molecule has 0 saturated carbocycles. The summed E-state index contributed by atoms with van der Waals surface area (Å²) in [6, 6.07) is 7.52. The summed E-state index contributed by atoms with van der Waals surface area (Å²) in [4.78, 5) is 35.6. The number of ether oxygens (including phenoxy) is 2. The Hall–Kier alpha value is -4.03. The molecule has 37 heavy (non-hydrogen) atoms. The Balaban J connectivity index is 1.32. The van der Waals surface area contributed by atoms with Gasteiger partial charge in [0.1, 0.15) is 11.6 Å². The quantitative estimate of drug-likeness (QED) is 0.474. The molecule has 12 heteroatoms. The van der Waals surface area contributed by atoms with E-state index >= 15 is 0 Å². The minimum Gasteiger partial charge on any atom is -0.422 e. The van der Waals surface area contributed by atoms with Crippen molar-refractivity contribution in [2.75, 3.05) is 74.8 Å². The van der Waals surface area contributed by atoms with Crippen LogP contribution in [0.4, 0.5) is 17.7 Å². The van der Waals surface area contributed by atoms with Gasteiger partial charge in [-0.05, 0) is 12.1 Å². The summed E-state index contributed by atoms with van der Waals surface area (Å²) >= 11 is 0. The zero-order chi connectivity index (χ0) is 25.4. The van der Waals surface area contributed by atoms with Crippen molar-refractivity contribution in [2.24, 2.45) is 16.1 Å². The number of anilines is 3. The van der Waals surface area contributed by atoms with Gasteiger partial charge in [0.15, 0.2) is 5.58 Å². The summed E-state index contributed by atoms with van der Waals surface area (Å²) in [5.41, 5.74) is 8.43. The van der Waals surface area contributed by atoms with E-state index in [0.29, 0.717) is 72.0 Å². The van der Waals surface area contributed by atoms with E-state index in [1.165, 1.54) is 6.20 Å². The molecular weight excluding hydrogens is 476 g/mol. The van der Waals surface area contributed by atoms with Crippen LogP contribution in [0.25, 0.3) is 16.8 Å². The lowest BCUT2D eigenvalue weighted by Gasteiger charge is -2.55. The number of hydrogen-bond acceptors (Lipinski definition) is 11. The van der Waals surface area contributed by atoms with Gasteiger partial charge >= 0.3 is 0 Å². The highest BCUT2D eigenvalue weighted by molar-refractivity contribution is 6.10. The second-order valence-electron chi connectivity index (χ2n) is 9.50. The number of rotatable bonds is 6. The lowest BCUT2D eigenvalue weighted by Crippen LogP contribution is -2.66. The number of nitrogens with one attached hydrogen (secondary N) is 1. The molecule has 3 saturated heterocycles. The third-order valence-electron chi connectivity index (χ3n) is 6.78. The minimum atomic E-state index is -0.341. The van der Waals surface area contributed by atoms with Crippen LogP contribution in [0.2, 0.25) is 0 Å². The van der Waals surface area contributed by atoms with Crippen molar-refractivity contribution in [2.45, 2.75) is 0 Å². The van der Waals surface area contributed by atoms with Crippen LogP contribution in [0.1, 0.15) is 16.1 Å². The number of aromatic nitrogens is 3. The summed E-state index contributed by atoms with van der Waals surface area (Å²) in [5.74, 6) is 0.615. The molecule has 3 aromatic rings. The van der Waals surface area contributed by atoms with E-state index in [-0.39, 0.29) is 11.3 Å². The van der Waals surface area contributed by atoms with Gasteiger partial charge < -0.3 is 34.7 Å². The molecule has 0 radical (unpaired) electrons. The van der Waals surface area contributed by atoms with E-state index in [0.717, 1.165) is 26.3 Å². The molecule has 6 heterocycles. The van der Waals surface area contributed by atoms with Gasteiger partial charge in [0.2, 0.25) is 5.65 Å². The Morgan fingerprint density at radius 1 is 1.14 bits per heavy atom. The Labute approximate surface area is 213 Å². The average Bonchev–Trinajstić information content (AvgIpc) is 3.29. The fraction of sp³-hybridized carbons (Fsp3) is 0.400. The number of nitrogens with two attached hydrogens (primary N) is 1. The maximum absolute atomic E-state index is 13.6. The topological polar surface area (TPSA) is 144 Å². The van der Waals surface area contributed by atoms with Crippen LogP contribution in [-0.4, -0.2) is 86.7 Å². The number of pyridine rings is 2. The molecule has 6 rings (SSSR count). The van der Waals surface area contributed by atoms with Gasteiger partial charge in [-0.15, -0.1) is 0 Å². The van der Waals surface area contributed by atoms with Gasteiger partial charge in [-0.25, -0.2) is 9.97 Å². The molecule has 3 N–H and O–H groups in total. The number of aliphatic imine (C=N–C) groups is 1. The van der Waals surface area contributed by atoms with E-state index < -0.39 is 0 Å². The van der Waals surface area contributed by atoms with Crippen LogP contribution >= 0.6 is 0 Å². The van der Waals surface area contributed by atoms with Crippen LogP contribution in [0.3, 0.4) is 0 Å². The number of carbonyl (C=O) groups is 1. The molecule has 3 aliphatic rings. The van der Waals surface area contributed by atoms with E-state index in [1.807, 2.05) is 4.90 Å². The fourth-order valence-electron chi connectivity index (χ4n) is 4.81. The van der Waals surface area contributed by atoms with Crippen LogP contribution in [0.5, 0.6) is 0 Å². The SMILES string of the molecule is CN=CC(=CN)c1cccc(NC(=O)c2cc3oc(N4CCOCC4)nc3nc2N2CC3(COC3)C2)n1. The van der Waals surface area contributed by atoms with E-state index in [4.69, 9.17) is 24.6 Å². The number of morpholine rings is 1. The van der Waals surface area contributed by atoms with Crippen molar-refractivity contribution in [3.8, 4) is 0 Å². The van der Waals surface area contributed by atoms with E-state index in [9.17, 15) is 4.79 Å². The summed E-state index contributed by atoms with van der Waals surface area (Å²) in [6.07, 6.45) is 3.04. The second kappa shape index (κ2) is 9.45. The molecule has 3 aliphatic heterocycles. The first-order valence-electron chi connectivity index (χ1n) is 12.2. The van der Waals surface area contributed by atoms with E-state index in [1.54, 1.807) is 37.5 Å². The van der Waals surface area contributed by atoms with Crippen molar-refractivity contribution in [3.63, 3.8) is 0 Å². The van der Waals surface area contributed by atoms with Gasteiger partial charge in [-0.2, -0.15) is 4.98 Å².